The highest BCUT2D eigenvalue weighted by atomic mass is 16.5. The van der Waals surface area contributed by atoms with E-state index < -0.39 is 0 Å². The average molecular weight is 158 g/mol. The molecule has 0 amide bonds. The molecule has 68 valence electrons. The van der Waals surface area contributed by atoms with E-state index in [9.17, 15) is 0 Å². The number of ether oxygens (including phenoxy) is 1. The zero-order chi connectivity index (χ0) is 8.85. The normalized spacial score (nSPS) is 14.5. The highest BCUT2D eigenvalue weighted by Crippen LogP contribution is 2.08. The summed E-state index contributed by atoms with van der Waals surface area (Å²) in [6.07, 6.45) is 1.60. The van der Waals surface area contributed by atoms with Crippen molar-refractivity contribution in [2.24, 2.45) is 11.8 Å². The average Bonchev–Trinajstić information content (AvgIpc) is 1.82. The third-order valence-corrected chi connectivity index (χ3v) is 1.52. The molecule has 1 nitrogen and oxygen atoms in total. The Hall–Kier alpha value is -0.0400. The number of hydrogen-bond acceptors (Lipinski definition) is 1. The summed E-state index contributed by atoms with van der Waals surface area (Å²) < 4.78 is 5.61. The fraction of sp³-hybridized carbons (Fsp3) is 1.00. The lowest BCUT2D eigenvalue weighted by atomic mass is 10.1. The van der Waals surface area contributed by atoms with Gasteiger partial charge in [0.25, 0.3) is 0 Å². The van der Waals surface area contributed by atoms with Gasteiger partial charge >= 0.3 is 0 Å². The van der Waals surface area contributed by atoms with Gasteiger partial charge in [0.05, 0.1) is 6.10 Å². The second-order valence-corrected chi connectivity index (χ2v) is 4.17. The van der Waals surface area contributed by atoms with Crippen LogP contribution in [0, 0.1) is 11.8 Å². The van der Waals surface area contributed by atoms with Gasteiger partial charge < -0.3 is 4.74 Å². The van der Waals surface area contributed by atoms with Crippen LogP contribution in [-0.2, 0) is 4.74 Å². The minimum absolute atomic E-state index is 0.428. The van der Waals surface area contributed by atoms with Crippen molar-refractivity contribution in [3.8, 4) is 0 Å². The van der Waals surface area contributed by atoms with E-state index in [0.29, 0.717) is 12.0 Å². The van der Waals surface area contributed by atoms with Gasteiger partial charge in [0.2, 0.25) is 0 Å². The van der Waals surface area contributed by atoms with Crippen LogP contribution in [0.15, 0.2) is 0 Å². The molecule has 0 fully saturated rings. The van der Waals surface area contributed by atoms with E-state index in [1.165, 1.54) is 6.42 Å². The highest BCUT2D eigenvalue weighted by Gasteiger charge is 2.05. The van der Waals surface area contributed by atoms with Crippen molar-refractivity contribution in [1.29, 1.82) is 0 Å². The molecule has 0 aromatic heterocycles. The van der Waals surface area contributed by atoms with Gasteiger partial charge in [-0.2, -0.15) is 0 Å². The highest BCUT2D eigenvalue weighted by molar-refractivity contribution is 4.54. The van der Waals surface area contributed by atoms with E-state index in [1.54, 1.807) is 0 Å². The molecule has 0 radical (unpaired) electrons. The van der Waals surface area contributed by atoms with E-state index >= 15 is 0 Å². The lowest BCUT2D eigenvalue weighted by Crippen LogP contribution is -2.14. The molecule has 0 aromatic carbocycles. The number of hydrogen-bond donors (Lipinski definition) is 0. The summed E-state index contributed by atoms with van der Waals surface area (Å²) in [5, 5.41) is 0. The minimum Gasteiger partial charge on any atom is -0.378 e. The van der Waals surface area contributed by atoms with Gasteiger partial charge in [0, 0.05) is 6.61 Å². The summed E-state index contributed by atoms with van der Waals surface area (Å²) in [6.45, 7) is 11.9. The van der Waals surface area contributed by atoms with Gasteiger partial charge in [-0.15, -0.1) is 0 Å². The first-order chi connectivity index (χ1) is 5.02. The molecule has 0 saturated heterocycles. The Morgan fingerprint density at radius 2 is 1.45 bits per heavy atom. The summed E-state index contributed by atoms with van der Waals surface area (Å²) >= 11 is 0. The van der Waals surface area contributed by atoms with Crippen molar-refractivity contribution in [2.75, 3.05) is 6.61 Å². The van der Waals surface area contributed by atoms with Crippen molar-refractivity contribution >= 4 is 0 Å². The Morgan fingerprint density at radius 3 is 1.82 bits per heavy atom. The molecule has 0 aliphatic rings. The van der Waals surface area contributed by atoms with Crippen LogP contribution in [0.25, 0.3) is 0 Å². The first-order valence-electron chi connectivity index (χ1n) is 4.64. The molecule has 11 heavy (non-hydrogen) atoms. The van der Waals surface area contributed by atoms with Gasteiger partial charge in [-0.3, -0.25) is 0 Å². The fourth-order valence-corrected chi connectivity index (χ4v) is 1.09. The van der Waals surface area contributed by atoms with Gasteiger partial charge in [0.15, 0.2) is 0 Å². The van der Waals surface area contributed by atoms with Crippen molar-refractivity contribution in [3.05, 3.63) is 0 Å². The predicted octanol–water partition coefficient (Wildman–Crippen LogP) is 3.09. The smallest absolute Gasteiger partial charge is 0.0549 e. The van der Waals surface area contributed by atoms with Gasteiger partial charge in [-0.1, -0.05) is 27.7 Å². The van der Waals surface area contributed by atoms with Crippen LogP contribution < -0.4 is 0 Å². The standard InChI is InChI=1S/C10H22O/c1-8(2)6-10(5)11-7-9(3)4/h8-10H,6-7H2,1-5H3. The molecule has 0 saturated carbocycles. The van der Waals surface area contributed by atoms with E-state index in [4.69, 9.17) is 4.74 Å². The quantitative estimate of drug-likeness (QED) is 0.597. The summed E-state index contributed by atoms with van der Waals surface area (Å²) in [5.74, 6) is 1.40. The van der Waals surface area contributed by atoms with Crippen LogP contribution in [0.4, 0.5) is 0 Å². The maximum Gasteiger partial charge on any atom is 0.0549 e. The Bertz CT molecular complexity index is 86.9. The van der Waals surface area contributed by atoms with Gasteiger partial charge in [0.1, 0.15) is 0 Å². The lowest BCUT2D eigenvalue weighted by Gasteiger charge is -2.16. The molecule has 0 aromatic rings. The first-order valence-corrected chi connectivity index (χ1v) is 4.64. The Labute approximate surface area is 71.1 Å². The van der Waals surface area contributed by atoms with E-state index in [-0.39, 0.29) is 0 Å². The van der Waals surface area contributed by atoms with Crippen LogP contribution in [0.5, 0.6) is 0 Å². The van der Waals surface area contributed by atoms with Crippen molar-refractivity contribution in [3.63, 3.8) is 0 Å². The Morgan fingerprint density at radius 1 is 0.909 bits per heavy atom. The molecule has 0 aliphatic heterocycles. The van der Waals surface area contributed by atoms with E-state index in [1.807, 2.05) is 0 Å². The third kappa shape index (κ3) is 7.86. The van der Waals surface area contributed by atoms with E-state index in [0.717, 1.165) is 12.5 Å². The van der Waals surface area contributed by atoms with Crippen molar-refractivity contribution in [1.82, 2.24) is 0 Å². The lowest BCUT2D eigenvalue weighted by molar-refractivity contribution is 0.0352. The Kier molecular flexibility index (Phi) is 5.57. The van der Waals surface area contributed by atoms with Crippen LogP contribution >= 0.6 is 0 Å². The minimum atomic E-state index is 0.428. The zero-order valence-electron chi connectivity index (χ0n) is 8.55. The molecular weight excluding hydrogens is 136 g/mol. The molecular formula is C10H22O. The first kappa shape index (κ1) is 11.0. The van der Waals surface area contributed by atoms with Crippen LogP contribution in [0.2, 0.25) is 0 Å². The summed E-state index contributed by atoms with van der Waals surface area (Å²) in [7, 11) is 0. The summed E-state index contributed by atoms with van der Waals surface area (Å²) in [6, 6.07) is 0. The topological polar surface area (TPSA) is 9.23 Å². The molecule has 1 heteroatoms. The fourth-order valence-electron chi connectivity index (χ4n) is 1.09. The Balaban J connectivity index is 3.29. The monoisotopic (exact) mass is 158 g/mol. The molecule has 0 spiro atoms. The molecule has 0 N–H and O–H groups in total. The second-order valence-electron chi connectivity index (χ2n) is 4.17. The second kappa shape index (κ2) is 5.59. The molecule has 0 heterocycles. The maximum atomic E-state index is 5.61. The van der Waals surface area contributed by atoms with Gasteiger partial charge in [-0.05, 0) is 25.2 Å². The predicted molar refractivity (Wildman–Crippen MR) is 49.7 cm³/mol. The molecule has 0 rings (SSSR count). The van der Waals surface area contributed by atoms with Gasteiger partial charge in [-0.25, -0.2) is 0 Å². The van der Waals surface area contributed by atoms with E-state index in [2.05, 4.69) is 34.6 Å². The molecule has 0 aliphatic carbocycles. The SMILES string of the molecule is CC(C)COC(C)CC(C)C. The van der Waals surface area contributed by atoms with Crippen LogP contribution in [-0.4, -0.2) is 12.7 Å². The van der Waals surface area contributed by atoms with Crippen molar-refractivity contribution < 1.29 is 4.74 Å². The third-order valence-electron chi connectivity index (χ3n) is 1.52. The summed E-state index contributed by atoms with van der Waals surface area (Å²) in [4.78, 5) is 0. The number of rotatable bonds is 5. The van der Waals surface area contributed by atoms with Crippen LogP contribution in [0.3, 0.4) is 0 Å². The summed E-state index contributed by atoms with van der Waals surface area (Å²) in [5.41, 5.74) is 0. The largest absolute Gasteiger partial charge is 0.378 e. The molecule has 0 bridgehead atoms. The van der Waals surface area contributed by atoms with Crippen LogP contribution in [0.1, 0.15) is 41.0 Å². The zero-order valence-corrected chi connectivity index (χ0v) is 8.55. The van der Waals surface area contributed by atoms with Crippen molar-refractivity contribution in [2.45, 2.75) is 47.1 Å². The molecule has 1 unspecified atom stereocenters. The maximum absolute atomic E-state index is 5.61. The molecule has 1 atom stereocenters.